The van der Waals surface area contributed by atoms with Gasteiger partial charge in [-0.2, -0.15) is 0 Å². The minimum Gasteiger partial charge on any atom is -0.457 e. The van der Waals surface area contributed by atoms with E-state index in [9.17, 15) is 9.59 Å². The molecule has 0 unspecified atom stereocenters. The van der Waals surface area contributed by atoms with Gasteiger partial charge in [-0.25, -0.2) is 9.59 Å². The van der Waals surface area contributed by atoms with Gasteiger partial charge in [0, 0.05) is 21.9 Å². The van der Waals surface area contributed by atoms with Crippen LogP contribution in [0, 0.1) is 6.92 Å². The Labute approximate surface area is 161 Å². The maximum Gasteiger partial charge on any atom is 0.348 e. The molecule has 5 heteroatoms. The molecule has 0 spiro atoms. The Hall–Kier alpha value is -2.40. The number of hydrogen-bond acceptors (Lipinski definition) is 5. The molecule has 27 heavy (non-hydrogen) atoms. The zero-order valence-electron chi connectivity index (χ0n) is 15.6. The summed E-state index contributed by atoms with van der Waals surface area (Å²) in [4.78, 5) is 26.2. The van der Waals surface area contributed by atoms with E-state index in [0.717, 1.165) is 42.4 Å². The Morgan fingerprint density at radius 3 is 2.70 bits per heavy atom. The molecule has 0 radical (unpaired) electrons. The highest BCUT2D eigenvalue weighted by atomic mass is 32.1. The molecule has 0 fully saturated rings. The van der Waals surface area contributed by atoms with Crippen LogP contribution in [0.3, 0.4) is 0 Å². The molecule has 0 amide bonds. The highest BCUT2D eigenvalue weighted by molar-refractivity contribution is 7.14. The SMILES string of the molecule is CCCc1cc(C(=O)OCc2cc(=O)oc3cc4c(cc23)CCC4)sc1C. The number of ether oxygens (including phenoxy) is 1. The van der Waals surface area contributed by atoms with E-state index in [2.05, 4.69) is 13.0 Å². The van der Waals surface area contributed by atoms with Crippen LogP contribution in [0.5, 0.6) is 0 Å². The highest BCUT2D eigenvalue weighted by Crippen LogP contribution is 2.29. The van der Waals surface area contributed by atoms with Crippen LogP contribution in [-0.2, 0) is 30.6 Å². The van der Waals surface area contributed by atoms with Crippen LogP contribution in [0.4, 0.5) is 0 Å². The van der Waals surface area contributed by atoms with Crippen LogP contribution >= 0.6 is 11.3 Å². The molecule has 0 saturated heterocycles. The lowest BCUT2D eigenvalue weighted by molar-refractivity contribution is 0.0479. The predicted octanol–water partition coefficient (Wildman–Crippen LogP) is 4.96. The normalized spacial score (nSPS) is 13.1. The predicted molar refractivity (Wildman–Crippen MR) is 107 cm³/mol. The molecule has 0 aliphatic heterocycles. The molecule has 0 atom stereocenters. The van der Waals surface area contributed by atoms with E-state index in [-0.39, 0.29) is 12.6 Å². The van der Waals surface area contributed by atoms with Crippen molar-refractivity contribution < 1.29 is 13.9 Å². The van der Waals surface area contributed by atoms with Gasteiger partial charge in [-0.05, 0) is 67.5 Å². The van der Waals surface area contributed by atoms with Gasteiger partial charge < -0.3 is 9.15 Å². The van der Waals surface area contributed by atoms with Crippen molar-refractivity contribution in [3.05, 3.63) is 66.7 Å². The third kappa shape index (κ3) is 3.56. The summed E-state index contributed by atoms with van der Waals surface area (Å²) in [5, 5.41) is 0.858. The number of carbonyl (C=O) groups is 1. The summed E-state index contributed by atoms with van der Waals surface area (Å²) in [5.74, 6) is -0.340. The standard InChI is InChI=1S/C22H22O4S/c1-3-5-14-10-20(27-13(14)2)22(24)25-12-17-11-21(23)26-19-9-16-7-4-6-15(16)8-18(17)19/h8-11H,3-7,12H2,1-2H3. The molecule has 4 rings (SSSR count). The van der Waals surface area contributed by atoms with Gasteiger partial charge in [-0.3, -0.25) is 0 Å². The van der Waals surface area contributed by atoms with Gasteiger partial charge in [0.05, 0.1) is 0 Å². The molecule has 4 nitrogen and oxygen atoms in total. The lowest BCUT2D eigenvalue weighted by Gasteiger charge is -2.08. The summed E-state index contributed by atoms with van der Waals surface area (Å²) >= 11 is 1.47. The minimum atomic E-state index is -0.413. The molecule has 3 aromatic rings. The summed E-state index contributed by atoms with van der Waals surface area (Å²) in [6.45, 7) is 4.22. The second-order valence-corrected chi connectivity index (χ2v) is 8.34. The first-order chi connectivity index (χ1) is 13.0. The van der Waals surface area contributed by atoms with Crippen molar-refractivity contribution in [2.24, 2.45) is 0 Å². The van der Waals surface area contributed by atoms with Crippen molar-refractivity contribution >= 4 is 28.3 Å². The summed E-state index contributed by atoms with van der Waals surface area (Å²) in [7, 11) is 0. The Kier molecular flexibility index (Phi) is 4.87. The van der Waals surface area contributed by atoms with Crippen LogP contribution in [0.15, 0.2) is 33.5 Å². The van der Waals surface area contributed by atoms with Crippen molar-refractivity contribution in [2.75, 3.05) is 0 Å². The van der Waals surface area contributed by atoms with E-state index in [1.54, 1.807) is 0 Å². The molecule has 0 bridgehead atoms. The van der Waals surface area contributed by atoms with Gasteiger partial charge in [0.2, 0.25) is 0 Å². The maximum absolute atomic E-state index is 12.5. The van der Waals surface area contributed by atoms with Crippen molar-refractivity contribution in [1.82, 2.24) is 0 Å². The van der Waals surface area contributed by atoms with Crippen LogP contribution in [0.2, 0.25) is 0 Å². The molecule has 0 N–H and O–H groups in total. The Balaban J connectivity index is 1.59. The second-order valence-electron chi connectivity index (χ2n) is 7.08. The van der Waals surface area contributed by atoms with E-state index in [1.807, 2.05) is 19.1 Å². The average Bonchev–Trinajstić information content (AvgIpc) is 3.24. The number of benzene rings is 1. The van der Waals surface area contributed by atoms with Gasteiger partial charge in [-0.1, -0.05) is 13.3 Å². The molecule has 140 valence electrons. The highest BCUT2D eigenvalue weighted by Gasteiger charge is 2.17. The number of rotatable bonds is 5. The molecule has 2 aromatic heterocycles. The maximum atomic E-state index is 12.5. The number of esters is 1. The topological polar surface area (TPSA) is 56.5 Å². The van der Waals surface area contributed by atoms with Gasteiger partial charge in [0.15, 0.2) is 0 Å². The van der Waals surface area contributed by atoms with Crippen LogP contribution < -0.4 is 5.63 Å². The zero-order chi connectivity index (χ0) is 19.0. The third-order valence-electron chi connectivity index (χ3n) is 5.14. The van der Waals surface area contributed by atoms with Gasteiger partial charge in [0.1, 0.15) is 17.1 Å². The molecule has 1 aromatic carbocycles. The largest absolute Gasteiger partial charge is 0.457 e. The quantitative estimate of drug-likeness (QED) is 0.462. The first-order valence-corrected chi connectivity index (χ1v) is 10.2. The number of carbonyl (C=O) groups excluding carboxylic acids is 1. The van der Waals surface area contributed by atoms with E-state index in [4.69, 9.17) is 9.15 Å². The van der Waals surface area contributed by atoms with E-state index in [1.165, 1.54) is 34.1 Å². The molecule has 0 saturated carbocycles. The van der Waals surface area contributed by atoms with Gasteiger partial charge in [-0.15, -0.1) is 11.3 Å². The summed E-state index contributed by atoms with van der Waals surface area (Å²) in [6.07, 6.45) is 5.19. The summed E-state index contributed by atoms with van der Waals surface area (Å²) < 4.78 is 10.9. The zero-order valence-corrected chi connectivity index (χ0v) is 16.4. The first kappa shape index (κ1) is 18.0. The molecular weight excluding hydrogens is 360 g/mol. The van der Waals surface area contributed by atoms with E-state index in [0.29, 0.717) is 16.0 Å². The Morgan fingerprint density at radius 1 is 1.15 bits per heavy atom. The third-order valence-corrected chi connectivity index (χ3v) is 6.22. The van der Waals surface area contributed by atoms with Crippen LogP contribution in [0.25, 0.3) is 11.0 Å². The first-order valence-electron chi connectivity index (χ1n) is 9.40. The second kappa shape index (κ2) is 7.31. The summed E-state index contributed by atoms with van der Waals surface area (Å²) in [5.41, 5.74) is 4.61. The lowest BCUT2D eigenvalue weighted by Crippen LogP contribution is -2.07. The van der Waals surface area contributed by atoms with Crippen LogP contribution in [0.1, 0.15) is 56.6 Å². The number of hydrogen-bond donors (Lipinski definition) is 0. The van der Waals surface area contributed by atoms with Crippen LogP contribution in [-0.4, -0.2) is 5.97 Å². The smallest absolute Gasteiger partial charge is 0.348 e. The molecule has 1 aliphatic rings. The number of thiophene rings is 1. The number of aryl methyl sites for hydroxylation is 4. The lowest BCUT2D eigenvalue weighted by atomic mass is 10.0. The van der Waals surface area contributed by atoms with Crippen molar-refractivity contribution in [3.63, 3.8) is 0 Å². The van der Waals surface area contributed by atoms with E-state index < -0.39 is 5.63 Å². The fourth-order valence-electron chi connectivity index (χ4n) is 3.77. The van der Waals surface area contributed by atoms with Crippen molar-refractivity contribution in [2.45, 2.75) is 52.6 Å². The van der Waals surface area contributed by atoms with Crippen molar-refractivity contribution in [1.29, 1.82) is 0 Å². The molecule has 1 aliphatic carbocycles. The minimum absolute atomic E-state index is 0.0692. The molecule has 2 heterocycles. The molecular formula is C22H22O4S. The van der Waals surface area contributed by atoms with E-state index >= 15 is 0 Å². The van der Waals surface area contributed by atoms with Gasteiger partial charge in [0.25, 0.3) is 0 Å². The van der Waals surface area contributed by atoms with Gasteiger partial charge >= 0.3 is 11.6 Å². The average molecular weight is 382 g/mol. The van der Waals surface area contributed by atoms with Crippen molar-refractivity contribution in [3.8, 4) is 0 Å². The monoisotopic (exact) mass is 382 g/mol. The summed E-state index contributed by atoms with van der Waals surface area (Å²) in [6, 6.07) is 7.40. The number of fused-ring (bicyclic) bond motifs is 2. The fourth-order valence-corrected chi connectivity index (χ4v) is 4.73. The Bertz CT molecular complexity index is 1070. The Morgan fingerprint density at radius 2 is 1.93 bits per heavy atom. The fraction of sp³-hybridized carbons (Fsp3) is 0.364.